The molecule has 0 spiro atoms. The summed E-state index contributed by atoms with van der Waals surface area (Å²) in [5, 5.41) is 0. The Balaban J connectivity index is 2.99. The van der Waals surface area contributed by atoms with Crippen LogP contribution in [0.2, 0.25) is 0 Å². The van der Waals surface area contributed by atoms with Gasteiger partial charge in [0.15, 0.2) is 0 Å². The minimum absolute atomic E-state index is 0.227. The molecule has 0 rings (SSSR count). The number of carbonyl (C=O) groups excluding carboxylic acids is 1. The molecule has 0 aliphatic carbocycles. The van der Waals surface area contributed by atoms with Gasteiger partial charge in [0.1, 0.15) is 0 Å². The molecule has 48 valence electrons. The van der Waals surface area contributed by atoms with Crippen molar-refractivity contribution in [3.63, 3.8) is 0 Å². The van der Waals surface area contributed by atoms with Gasteiger partial charge in [-0.05, 0) is 6.16 Å². The highest BCUT2D eigenvalue weighted by molar-refractivity contribution is 7.32. The first-order valence-corrected chi connectivity index (χ1v) is 3.40. The molecule has 0 aromatic carbocycles. The first-order chi connectivity index (χ1) is 3.81. The molecule has 8 heavy (non-hydrogen) atoms. The highest BCUT2D eigenvalue weighted by atomic mass is 31.1. The number of rotatable bonds is 2. The molecule has 0 aliphatic rings. The molecule has 0 N–H and O–H groups in total. The van der Waals surface area contributed by atoms with Crippen LogP contribution in [0.1, 0.15) is 6.92 Å². The molecule has 0 aliphatic heterocycles. The Hall–Kier alpha value is -0.300. The van der Waals surface area contributed by atoms with Crippen LogP contribution in [-0.4, -0.2) is 19.4 Å². The molecule has 0 saturated carbocycles. The molecule has 0 heterocycles. The van der Waals surface area contributed by atoms with Gasteiger partial charge in [-0.3, -0.25) is 0 Å². The molecule has 0 amide bonds. The molecule has 0 saturated heterocycles. The fourth-order valence-corrected chi connectivity index (χ4v) is 0.518. The zero-order valence-corrected chi connectivity index (χ0v) is 5.93. The van der Waals surface area contributed by atoms with Crippen molar-refractivity contribution < 1.29 is 14.1 Å². The summed E-state index contributed by atoms with van der Waals surface area (Å²) in [6.07, 6.45) is 0.264. The van der Waals surface area contributed by atoms with Crippen LogP contribution in [0.4, 0.5) is 4.79 Å². The lowest BCUT2D eigenvalue weighted by Gasteiger charge is -1.97. The van der Waals surface area contributed by atoms with E-state index in [9.17, 15) is 4.79 Å². The minimum Gasteiger partial charge on any atom is -0.437 e. The van der Waals surface area contributed by atoms with Crippen molar-refractivity contribution >= 4 is 15.0 Å². The molecule has 1 unspecified atom stereocenters. The molecule has 0 radical (unpaired) electrons. The van der Waals surface area contributed by atoms with Crippen molar-refractivity contribution in [2.75, 3.05) is 13.3 Å². The topological polar surface area (TPSA) is 35.5 Å². The molecule has 3 nitrogen and oxygen atoms in total. The van der Waals surface area contributed by atoms with Gasteiger partial charge in [0.2, 0.25) is 0 Å². The van der Waals surface area contributed by atoms with E-state index in [0.29, 0.717) is 0 Å². The number of carbonyl (C=O) groups is 1. The summed E-state index contributed by atoms with van der Waals surface area (Å²) in [7, 11) is 1.52. The quantitative estimate of drug-likeness (QED) is 0.425. The molecule has 1 atom stereocenters. The maximum atomic E-state index is 10.1. The molecule has 0 aromatic heterocycles. The monoisotopic (exact) mass is 136 g/mol. The van der Waals surface area contributed by atoms with E-state index in [0.717, 1.165) is 6.16 Å². The third-order valence-corrected chi connectivity index (χ3v) is 1.07. The van der Waals surface area contributed by atoms with Gasteiger partial charge in [-0.1, -0.05) is 6.92 Å². The van der Waals surface area contributed by atoms with Crippen molar-refractivity contribution in [3.05, 3.63) is 0 Å². The van der Waals surface area contributed by atoms with Crippen LogP contribution in [0.3, 0.4) is 0 Å². The van der Waals surface area contributed by atoms with Crippen LogP contribution in [0.5, 0.6) is 0 Å². The number of hydrogen-bond donors (Lipinski definition) is 0. The summed E-state index contributed by atoms with van der Waals surface area (Å²) in [5.74, 6) is 0. The van der Waals surface area contributed by atoms with E-state index in [1.165, 1.54) is 7.11 Å². The van der Waals surface area contributed by atoms with Crippen molar-refractivity contribution in [1.82, 2.24) is 0 Å². The zero-order valence-electron chi connectivity index (χ0n) is 4.93. The predicted molar refractivity (Wildman–Crippen MR) is 32.3 cm³/mol. The van der Waals surface area contributed by atoms with Gasteiger partial charge in [0, 0.05) is 0 Å². The Kier molecular flexibility index (Phi) is 4.67. The lowest BCUT2D eigenvalue weighted by Crippen LogP contribution is -1.96. The third kappa shape index (κ3) is 3.88. The van der Waals surface area contributed by atoms with Gasteiger partial charge >= 0.3 is 6.16 Å². The lowest BCUT2D eigenvalue weighted by atomic mass is 11.0. The van der Waals surface area contributed by atoms with Crippen molar-refractivity contribution in [3.8, 4) is 0 Å². The van der Waals surface area contributed by atoms with Gasteiger partial charge in [-0.15, -0.1) is 0 Å². The van der Waals surface area contributed by atoms with E-state index in [1.807, 2.05) is 6.92 Å². The molecular formula is C4H9O3P. The number of ether oxygens (including phenoxy) is 1. The summed E-state index contributed by atoms with van der Waals surface area (Å²) in [6, 6.07) is 0. The number of hydrogen-bond acceptors (Lipinski definition) is 3. The smallest absolute Gasteiger partial charge is 0.437 e. The molecule has 4 heteroatoms. The summed E-state index contributed by atoms with van der Waals surface area (Å²) >= 11 is 0. The fraction of sp³-hybridized carbons (Fsp3) is 0.750. The van der Waals surface area contributed by atoms with Crippen molar-refractivity contribution in [2.24, 2.45) is 0 Å². The Morgan fingerprint density at radius 3 is 2.75 bits per heavy atom. The lowest BCUT2D eigenvalue weighted by molar-refractivity contribution is 0.127. The normalized spacial score (nSPS) is 9.75. The second-order valence-electron chi connectivity index (χ2n) is 1.05. The highest BCUT2D eigenvalue weighted by Crippen LogP contribution is 2.10. The maximum Gasteiger partial charge on any atom is 0.510 e. The maximum absolute atomic E-state index is 10.1. The summed E-state index contributed by atoms with van der Waals surface area (Å²) in [6.45, 7) is 1.93. The zero-order chi connectivity index (χ0) is 6.41. The van der Waals surface area contributed by atoms with E-state index in [-0.39, 0.29) is 8.81 Å². The molecule has 0 aromatic rings. The second kappa shape index (κ2) is 4.85. The van der Waals surface area contributed by atoms with E-state index in [4.69, 9.17) is 0 Å². The fourth-order valence-electron chi connectivity index (χ4n) is 0.173. The molecule has 0 fully saturated rings. The minimum atomic E-state index is -0.592. The Morgan fingerprint density at radius 1 is 1.75 bits per heavy atom. The van der Waals surface area contributed by atoms with Crippen LogP contribution in [0.25, 0.3) is 0 Å². The van der Waals surface area contributed by atoms with E-state index in [1.54, 1.807) is 0 Å². The van der Waals surface area contributed by atoms with Gasteiger partial charge in [-0.2, -0.15) is 0 Å². The van der Waals surface area contributed by atoms with E-state index < -0.39 is 6.16 Å². The van der Waals surface area contributed by atoms with Gasteiger partial charge in [-0.25, -0.2) is 4.79 Å². The van der Waals surface area contributed by atoms with Crippen molar-refractivity contribution in [2.45, 2.75) is 6.92 Å². The average molecular weight is 136 g/mol. The first kappa shape index (κ1) is 7.70. The Morgan fingerprint density at radius 2 is 2.38 bits per heavy atom. The van der Waals surface area contributed by atoms with Crippen LogP contribution < -0.4 is 0 Å². The summed E-state index contributed by atoms with van der Waals surface area (Å²) in [4.78, 5) is 10.1. The van der Waals surface area contributed by atoms with Crippen LogP contribution in [0, 0.1) is 0 Å². The Bertz CT molecular complexity index is 73.7. The second-order valence-corrected chi connectivity index (χ2v) is 2.25. The SMILES string of the molecule is CCPOC(=O)OC. The van der Waals surface area contributed by atoms with Crippen LogP contribution in [0.15, 0.2) is 0 Å². The largest absolute Gasteiger partial charge is 0.510 e. The molecule has 0 bridgehead atoms. The average Bonchev–Trinajstić information content (AvgIpc) is 1.83. The van der Waals surface area contributed by atoms with Crippen LogP contribution >= 0.6 is 8.81 Å². The number of methoxy groups -OCH3 is 1. The van der Waals surface area contributed by atoms with Crippen LogP contribution in [-0.2, 0) is 9.26 Å². The van der Waals surface area contributed by atoms with Crippen molar-refractivity contribution in [1.29, 1.82) is 0 Å². The first-order valence-electron chi connectivity index (χ1n) is 2.29. The summed E-state index contributed by atoms with van der Waals surface area (Å²) < 4.78 is 8.70. The third-order valence-electron chi connectivity index (χ3n) is 0.467. The van der Waals surface area contributed by atoms with Gasteiger partial charge in [0.05, 0.1) is 15.9 Å². The van der Waals surface area contributed by atoms with E-state index in [2.05, 4.69) is 9.26 Å². The van der Waals surface area contributed by atoms with Gasteiger partial charge < -0.3 is 9.26 Å². The van der Waals surface area contributed by atoms with Gasteiger partial charge in [0.25, 0.3) is 0 Å². The standard InChI is InChI=1S/C4H9O3P/c1-3-8-7-4(5)6-2/h8H,3H2,1-2H3. The molecular weight excluding hydrogens is 127 g/mol. The highest BCUT2D eigenvalue weighted by Gasteiger charge is 1.95. The van der Waals surface area contributed by atoms with E-state index >= 15 is 0 Å². The Labute approximate surface area is 50.2 Å². The summed E-state index contributed by atoms with van der Waals surface area (Å²) in [5.41, 5.74) is 0. The predicted octanol–water partition coefficient (Wildman–Crippen LogP) is 1.38.